The molecule has 39 heavy (non-hydrogen) atoms. The summed E-state index contributed by atoms with van der Waals surface area (Å²) in [7, 11) is -2.04. The Hall–Kier alpha value is -2.91. The molecule has 5 atom stereocenters. The third-order valence-corrected chi connectivity index (χ3v) is 11.2. The van der Waals surface area contributed by atoms with Crippen molar-refractivity contribution in [1.82, 2.24) is 0 Å². The summed E-state index contributed by atoms with van der Waals surface area (Å²) in [6.07, 6.45) is -2.72. The van der Waals surface area contributed by atoms with Crippen LogP contribution in [0.2, 0.25) is 19.1 Å². The minimum Gasteiger partial charge on any atom is -0.457 e. The lowest BCUT2D eigenvalue weighted by Gasteiger charge is -2.46. The Morgan fingerprint density at radius 3 is 1.90 bits per heavy atom. The summed E-state index contributed by atoms with van der Waals surface area (Å²) in [6.45, 7) is 7.60. The molecule has 0 amide bonds. The zero-order chi connectivity index (χ0) is 27.8. The molecule has 3 aromatic rings. The average molecular weight is 565 g/mol. The van der Waals surface area contributed by atoms with Crippen LogP contribution in [0.15, 0.2) is 95.9 Å². The Labute approximate surface area is 236 Å². The highest BCUT2D eigenvalue weighted by molar-refractivity contribution is 7.99. The molecule has 0 spiro atoms. The van der Waals surface area contributed by atoms with Gasteiger partial charge >= 0.3 is 11.9 Å². The van der Waals surface area contributed by atoms with Crippen molar-refractivity contribution in [2.24, 2.45) is 0 Å². The van der Waals surface area contributed by atoms with Crippen molar-refractivity contribution in [3.05, 3.63) is 96.6 Å². The summed E-state index contributed by atoms with van der Waals surface area (Å²) in [5.74, 6) is -0.883. The fraction of sp³-hybridized carbons (Fsp3) is 0.355. The van der Waals surface area contributed by atoms with E-state index in [0.29, 0.717) is 6.04 Å². The molecule has 1 saturated heterocycles. The predicted octanol–water partition coefficient (Wildman–Crippen LogP) is 5.57. The summed E-state index contributed by atoms with van der Waals surface area (Å²) in [5, 5.41) is 1.28. The van der Waals surface area contributed by atoms with Gasteiger partial charge in [-0.2, -0.15) is 0 Å². The topological polar surface area (TPSA) is 71.1 Å². The van der Waals surface area contributed by atoms with E-state index in [1.54, 1.807) is 0 Å². The number of hydrogen-bond donors (Lipinski definition) is 0. The molecule has 0 aromatic heterocycles. The predicted molar refractivity (Wildman–Crippen MR) is 155 cm³/mol. The van der Waals surface area contributed by atoms with Gasteiger partial charge in [0.2, 0.25) is 0 Å². The Balaban J connectivity index is 1.72. The van der Waals surface area contributed by atoms with E-state index >= 15 is 0 Å². The van der Waals surface area contributed by atoms with Crippen LogP contribution in [0.1, 0.15) is 19.4 Å². The molecular weight excluding hydrogens is 528 g/mol. The summed E-state index contributed by atoms with van der Waals surface area (Å²) in [5.41, 5.74) is 0.407. The van der Waals surface area contributed by atoms with Crippen molar-refractivity contribution in [3.8, 4) is 0 Å². The summed E-state index contributed by atoms with van der Waals surface area (Å²) >= 11 is 1.48. The third-order valence-electron chi connectivity index (χ3n) is 6.74. The van der Waals surface area contributed by atoms with Crippen LogP contribution in [0.4, 0.5) is 0 Å². The van der Waals surface area contributed by atoms with Crippen molar-refractivity contribution in [2.45, 2.75) is 74.3 Å². The van der Waals surface area contributed by atoms with Gasteiger partial charge in [0.15, 0.2) is 12.2 Å². The van der Waals surface area contributed by atoms with Crippen LogP contribution in [-0.2, 0) is 35.1 Å². The highest BCUT2D eigenvalue weighted by Crippen LogP contribution is 2.39. The number of benzene rings is 3. The number of hydrogen-bond acceptors (Lipinski definition) is 7. The molecule has 0 aliphatic carbocycles. The third kappa shape index (κ3) is 8.05. The lowest BCUT2D eigenvalue weighted by atomic mass is 9.99. The fourth-order valence-electron chi connectivity index (χ4n) is 4.89. The van der Waals surface area contributed by atoms with E-state index in [1.807, 2.05) is 78.9 Å². The van der Waals surface area contributed by atoms with Crippen LogP contribution < -0.4 is 5.19 Å². The normalized spacial score (nSPS) is 23.1. The molecule has 8 heteroatoms. The van der Waals surface area contributed by atoms with E-state index in [9.17, 15) is 9.59 Å². The molecule has 0 radical (unpaired) electrons. The van der Waals surface area contributed by atoms with Crippen LogP contribution in [0.5, 0.6) is 0 Å². The smallest absolute Gasteiger partial charge is 0.303 e. The molecule has 0 bridgehead atoms. The molecule has 3 aromatic carbocycles. The molecule has 3 unspecified atom stereocenters. The first-order valence-electron chi connectivity index (χ1n) is 13.2. The number of thioether (sulfide) groups is 1. The molecule has 0 N–H and O–H groups in total. The molecular formula is C31H36O6SSi. The van der Waals surface area contributed by atoms with Crippen molar-refractivity contribution < 1.29 is 28.5 Å². The Kier molecular flexibility index (Phi) is 10.0. The van der Waals surface area contributed by atoms with Gasteiger partial charge in [0, 0.05) is 18.7 Å². The zero-order valence-corrected chi connectivity index (χ0v) is 24.6. The summed E-state index contributed by atoms with van der Waals surface area (Å²) < 4.78 is 25.0. The summed E-state index contributed by atoms with van der Waals surface area (Å²) in [4.78, 5) is 25.7. The maximum absolute atomic E-state index is 12.4. The zero-order valence-electron chi connectivity index (χ0n) is 22.8. The van der Waals surface area contributed by atoms with Crippen molar-refractivity contribution >= 4 is 37.0 Å². The number of esters is 2. The van der Waals surface area contributed by atoms with E-state index in [-0.39, 0.29) is 6.61 Å². The Morgan fingerprint density at radius 1 is 0.769 bits per heavy atom. The fourth-order valence-corrected chi connectivity index (χ4v) is 8.68. The summed E-state index contributed by atoms with van der Waals surface area (Å²) in [6, 6.07) is 30.7. The second-order valence-corrected chi connectivity index (χ2v) is 16.3. The first-order chi connectivity index (χ1) is 18.7. The van der Waals surface area contributed by atoms with E-state index in [1.165, 1.54) is 30.8 Å². The largest absolute Gasteiger partial charge is 0.457 e. The molecule has 206 valence electrons. The van der Waals surface area contributed by atoms with Crippen LogP contribution in [0.25, 0.3) is 0 Å². The highest BCUT2D eigenvalue weighted by atomic mass is 32.2. The average Bonchev–Trinajstić information content (AvgIpc) is 2.91. The molecule has 0 saturated carbocycles. The van der Waals surface area contributed by atoms with E-state index in [0.717, 1.165) is 10.5 Å². The molecule has 1 aliphatic rings. The first kappa shape index (κ1) is 29.1. The second kappa shape index (κ2) is 13.4. The number of rotatable bonds is 10. The van der Waals surface area contributed by atoms with Crippen molar-refractivity contribution in [2.75, 3.05) is 0 Å². The quantitative estimate of drug-likeness (QED) is 0.236. The van der Waals surface area contributed by atoms with E-state index < -0.39 is 49.9 Å². The maximum Gasteiger partial charge on any atom is 0.303 e. The SMILES string of the molecule is CC(=O)OC1C(OCc2ccccc2)[C@H](OC(C)=O)C(C[Si](C)(C)c2ccccc2)O[C@H]1Sc1ccccc1. The lowest BCUT2D eigenvalue weighted by molar-refractivity contribution is -0.232. The van der Waals surface area contributed by atoms with Crippen LogP contribution in [0, 0.1) is 0 Å². The monoisotopic (exact) mass is 564 g/mol. The highest BCUT2D eigenvalue weighted by Gasteiger charge is 2.52. The van der Waals surface area contributed by atoms with Gasteiger partial charge in [-0.25, -0.2) is 0 Å². The second-order valence-electron chi connectivity index (χ2n) is 10.3. The van der Waals surface area contributed by atoms with E-state index in [4.69, 9.17) is 18.9 Å². The van der Waals surface area contributed by atoms with Crippen molar-refractivity contribution in [3.63, 3.8) is 0 Å². The minimum atomic E-state index is -2.04. The van der Waals surface area contributed by atoms with Crippen LogP contribution in [-0.4, -0.2) is 49.9 Å². The van der Waals surface area contributed by atoms with Crippen LogP contribution >= 0.6 is 11.8 Å². The van der Waals surface area contributed by atoms with Crippen LogP contribution in [0.3, 0.4) is 0 Å². The van der Waals surface area contributed by atoms with Gasteiger partial charge in [0.1, 0.15) is 11.5 Å². The van der Waals surface area contributed by atoms with E-state index in [2.05, 4.69) is 25.2 Å². The van der Waals surface area contributed by atoms with Gasteiger partial charge in [-0.15, -0.1) is 0 Å². The molecule has 6 nitrogen and oxygen atoms in total. The molecule has 1 fully saturated rings. The minimum absolute atomic E-state index is 0.274. The maximum atomic E-state index is 12.4. The number of carbonyl (C=O) groups excluding carboxylic acids is 2. The Bertz CT molecular complexity index is 1210. The van der Waals surface area contributed by atoms with Gasteiger partial charge in [-0.05, 0) is 23.7 Å². The van der Waals surface area contributed by atoms with Gasteiger partial charge in [-0.1, -0.05) is 109 Å². The standard InChI is InChI=1S/C31H36O6SSi/c1-22(32)35-28-27(21-39(3,4)26-18-12-7-13-19-26)37-31(38-25-16-10-6-11-17-25)30(36-23(2)33)29(28)34-20-24-14-8-5-9-15-24/h5-19,27-31H,20-21H2,1-4H3/t27?,28-,29?,30?,31+/m1/s1. The van der Waals surface area contributed by atoms with Gasteiger partial charge in [0.05, 0.1) is 20.8 Å². The van der Waals surface area contributed by atoms with Gasteiger partial charge in [0.25, 0.3) is 0 Å². The van der Waals surface area contributed by atoms with Gasteiger partial charge in [-0.3, -0.25) is 9.59 Å². The molecule has 4 rings (SSSR count). The lowest BCUT2D eigenvalue weighted by Crippen LogP contribution is -2.62. The number of carbonyl (C=O) groups is 2. The molecule has 1 aliphatic heterocycles. The van der Waals surface area contributed by atoms with Crippen molar-refractivity contribution in [1.29, 1.82) is 0 Å². The molecule has 1 heterocycles. The number of ether oxygens (including phenoxy) is 4. The Morgan fingerprint density at radius 2 is 1.31 bits per heavy atom. The first-order valence-corrected chi connectivity index (χ1v) is 17.2. The van der Waals surface area contributed by atoms with Gasteiger partial charge < -0.3 is 18.9 Å².